The lowest BCUT2D eigenvalue weighted by Crippen LogP contribution is -2.13. The Morgan fingerprint density at radius 1 is 1.24 bits per heavy atom. The van der Waals surface area contributed by atoms with E-state index >= 15 is 0 Å². The maximum absolute atomic E-state index is 13.6. The molecule has 1 fully saturated rings. The first kappa shape index (κ1) is 12.4. The Labute approximate surface area is 102 Å². The fraction of sp³-hybridized carbons (Fsp3) is 0.571. The minimum absolute atomic E-state index is 0.198. The maximum Gasteiger partial charge on any atom is 0.151 e. The molecule has 3 heteroatoms. The highest BCUT2D eigenvalue weighted by atomic mass is 19.1. The number of benzene rings is 1. The summed E-state index contributed by atoms with van der Waals surface area (Å²) in [6.07, 6.45) is 6.46. The summed E-state index contributed by atoms with van der Waals surface area (Å²) in [5.41, 5.74) is 6.26. The fourth-order valence-electron chi connectivity index (χ4n) is 2.40. The van der Waals surface area contributed by atoms with Crippen LogP contribution in [0.25, 0.3) is 0 Å². The first-order chi connectivity index (χ1) is 8.27. The van der Waals surface area contributed by atoms with Crippen molar-refractivity contribution in [3.8, 4) is 0 Å². The Balaban J connectivity index is 1.79. The lowest BCUT2D eigenvalue weighted by molar-refractivity contribution is 0.0723. The van der Waals surface area contributed by atoms with Gasteiger partial charge in [-0.1, -0.05) is 31.4 Å². The molecule has 1 aliphatic rings. The molecule has 0 heterocycles. The van der Waals surface area contributed by atoms with E-state index < -0.39 is 0 Å². The summed E-state index contributed by atoms with van der Waals surface area (Å²) in [5.74, 6) is 0.323. The Bertz CT molecular complexity index is 361. The number of anilines is 1. The average Bonchev–Trinajstić information content (AvgIpc) is 2.36. The van der Waals surface area contributed by atoms with Crippen LogP contribution in [0.5, 0.6) is 0 Å². The molecule has 0 saturated heterocycles. The van der Waals surface area contributed by atoms with Crippen LogP contribution in [0.4, 0.5) is 10.1 Å². The molecule has 2 rings (SSSR count). The van der Waals surface area contributed by atoms with Gasteiger partial charge < -0.3 is 10.5 Å². The van der Waals surface area contributed by atoms with Gasteiger partial charge in [0.05, 0.1) is 12.3 Å². The van der Waals surface area contributed by atoms with Crippen molar-refractivity contribution in [2.75, 3.05) is 12.3 Å². The van der Waals surface area contributed by atoms with Crippen LogP contribution in [0.2, 0.25) is 0 Å². The Morgan fingerprint density at radius 2 is 2.00 bits per heavy atom. The van der Waals surface area contributed by atoms with E-state index in [0.717, 1.165) is 6.61 Å². The SMILES string of the molecule is Nc1cccc(COCC2CCCCC2)c1F. The van der Waals surface area contributed by atoms with Crippen LogP contribution < -0.4 is 5.73 Å². The highest BCUT2D eigenvalue weighted by Crippen LogP contribution is 2.24. The average molecular weight is 237 g/mol. The highest BCUT2D eigenvalue weighted by Gasteiger charge is 2.13. The minimum Gasteiger partial charge on any atom is -0.396 e. The number of ether oxygens (including phenoxy) is 1. The zero-order valence-corrected chi connectivity index (χ0v) is 10.1. The van der Waals surface area contributed by atoms with Crippen molar-refractivity contribution >= 4 is 5.69 Å². The monoisotopic (exact) mass is 237 g/mol. The van der Waals surface area contributed by atoms with E-state index in [1.807, 2.05) is 0 Å². The third kappa shape index (κ3) is 3.43. The quantitative estimate of drug-likeness (QED) is 0.813. The second kappa shape index (κ2) is 6.01. The topological polar surface area (TPSA) is 35.2 Å². The summed E-state index contributed by atoms with van der Waals surface area (Å²) in [6, 6.07) is 5.06. The molecule has 0 radical (unpaired) electrons. The highest BCUT2D eigenvalue weighted by molar-refractivity contribution is 5.42. The molecule has 2 nitrogen and oxygen atoms in total. The summed E-state index contributed by atoms with van der Waals surface area (Å²) in [7, 11) is 0. The van der Waals surface area contributed by atoms with Gasteiger partial charge in [0, 0.05) is 12.2 Å². The third-order valence-corrected chi connectivity index (χ3v) is 3.44. The van der Waals surface area contributed by atoms with E-state index in [1.165, 1.54) is 32.1 Å². The minimum atomic E-state index is -0.337. The Kier molecular flexibility index (Phi) is 4.37. The number of hydrogen-bond donors (Lipinski definition) is 1. The number of rotatable bonds is 4. The summed E-state index contributed by atoms with van der Waals surface area (Å²) in [5, 5.41) is 0. The van der Waals surface area contributed by atoms with Crippen molar-refractivity contribution in [1.82, 2.24) is 0 Å². The van der Waals surface area contributed by atoms with E-state index in [2.05, 4.69) is 0 Å². The summed E-state index contributed by atoms with van der Waals surface area (Å²) >= 11 is 0. The van der Waals surface area contributed by atoms with Gasteiger partial charge in [-0.2, -0.15) is 0 Å². The Morgan fingerprint density at radius 3 is 2.76 bits per heavy atom. The summed E-state index contributed by atoms with van der Waals surface area (Å²) in [4.78, 5) is 0. The van der Waals surface area contributed by atoms with Gasteiger partial charge in [0.2, 0.25) is 0 Å². The number of nitrogen functional groups attached to an aromatic ring is 1. The number of halogens is 1. The molecule has 0 aliphatic heterocycles. The van der Waals surface area contributed by atoms with Crippen LogP contribution in [0.1, 0.15) is 37.7 Å². The molecule has 0 spiro atoms. The normalized spacial score (nSPS) is 17.2. The molecule has 1 aromatic rings. The first-order valence-electron chi connectivity index (χ1n) is 6.38. The molecule has 94 valence electrons. The van der Waals surface area contributed by atoms with Crippen LogP contribution in [-0.2, 0) is 11.3 Å². The van der Waals surface area contributed by atoms with E-state index in [9.17, 15) is 4.39 Å². The standard InChI is InChI=1S/C14H20FNO/c15-14-12(7-4-8-13(14)16)10-17-9-11-5-2-1-3-6-11/h4,7-8,11H,1-3,5-6,9-10,16H2. The van der Waals surface area contributed by atoms with E-state index in [0.29, 0.717) is 18.1 Å². The van der Waals surface area contributed by atoms with Gasteiger partial charge >= 0.3 is 0 Å². The third-order valence-electron chi connectivity index (χ3n) is 3.44. The van der Waals surface area contributed by atoms with Crippen LogP contribution in [0.3, 0.4) is 0 Å². The molecular weight excluding hydrogens is 217 g/mol. The van der Waals surface area contributed by atoms with Crippen molar-refractivity contribution in [3.63, 3.8) is 0 Å². The van der Waals surface area contributed by atoms with Crippen molar-refractivity contribution in [1.29, 1.82) is 0 Å². The predicted octanol–water partition coefficient (Wildman–Crippen LogP) is 3.50. The molecule has 0 amide bonds. The van der Waals surface area contributed by atoms with Crippen LogP contribution in [0, 0.1) is 11.7 Å². The van der Waals surface area contributed by atoms with Crippen molar-refractivity contribution in [2.45, 2.75) is 38.7 Å². The van der Waals surface area contributed by atoms with Crippen molar-refractivity contribution < 1.29 is 9.13 Å². The lowest BCUT2D eigenvalue weighted by Gasteiger charge is -2.21. The molecule has 2 N–H and O–H groups in total. The van der Waals surface area contributed by atoms with Gasteiger partial charge in [0.1, 0.15) is 0 Å². The van der Waals surface area contributed by atoms with Gasteiger partial charge in [0.15, 0.2) is 5.82 Å². The summed E-state index contributed by atoms with van der Waals surface area (Å²) < 4.78 is 19.2. The molecule has 1 saturated carbocycles. The van der Waals surface area contributed by atoms with Crippen molar-refractivity contribution in [2.24, 2.45) is 5.92 Å². The zero-order chi connectivity index (χ0) is 12.1. The number of nitrogens with two attached hydrogens (primary N) is 1. The second-order valence-corrected chi connectivity index (χ2v) is 4.84. The van der Waals surface area contributed by atoms with E-state index in [4.69, 9.17) is 10.5 Å². The molecule has 1 aliphatic carbocycles. The first-order valence-corrected chi connectivity index (χ1v) is 6.38. The molecular formula is C14H20FNO. The van der Waals surface area contributed by atoms with Crippen LogP contribution in [0.15, 0.2) is 18.2 Å². The van der Waals surface area contributed by atoms with E-state index in [-0.39, 0.29) is 11.5 Å². The lowest BCUT2D eigenvalue weighted by atomic mass is 9.90. The molecule has 0 unspecified atom stereocenters. The fourth-order valence-corrected chi connectivity index (χ4v) is 2.40. The van der Waals surface area contributed by atoms with Gasteiger partial charge in [0.25, 0.3) is 0 Å². The smallest absolute Gasteiger partial charge is 0.151 e. The predicted molar refractivity (Wildman–Crippen MR) is 67.0 cm³/mol. The largest absolute Gasteiger partial charge is 0.396 e. The van der Waals surface area contributed by atoms with Gasteiger partial charge in [-0.3, -0.25) is 0 Å². The zero-order valence-electron chi connectivity index (χ0n) is 10.1. The Hall–Kier alpha value is -1.09. The summed E-state index contributed by atoms with van der Waals surface area (Å²) in [6.45, 7) is 1.07. The maximum atomic E-state index is 13.6. The van der Waals surface area contributed by atoms with Crippen LogP contribution in [-0.4, -0.2) is 6.61 Å². The molecule has 0 aromatic heterocycles. The number of hydrogen-bond acceptors (Lipinski definition) is 2. The molecule has 0 atom stereocenters. The van der Waals surface area contributed by atoms with Gasteiger partial charge in [-0.15, -0.1) is 0 Å². The van der Waals surface area contributed by atoms with Crippen molar-refractivity contribution in [3.05, 3.63) is 29.6 Å². The van der Waals surface area contributed by atoms with Crippen LogP contribution >= 0.6 is 0 Å². The van der Waals surface area contributed by atoms with Gasteiger partial charge in [-0.05, 0) is 24.8 Å². The van der Waals surface area contributed by atoms with Gasteiger partial charge in [-0.25, -0.2) is 4.39 Å². The molecule has 1 aromatic carbocycles. The van der Waals surface area contributed by atoms with E-state index in [1.54, 1.807) is 18.2 Å². The second-order valence-electron chi connectivity index (χ2n) is 4.84. The molecule has 17 heavy (non-hydrogen) atoms. The molecule has 0 bridgehead atoms.